The van der Waals surface area contributed by atoms with Gasteiger partial charge in [-0.1, -0.05) is 6.92 Å². The van der Waals surface area contributed by atoms with E-state index in [4.69, 9.17) is 0 Å². The van der Waals surface area contributed by atoms with E-state index in [1.165, 1.54) is 32.6 Å². The van der Waals surface area contributed by atoms with Gasteiger partial charge in [0.2, 0.25) is 0 Å². The zero-order chi connectivity index (χ0) is 8.55. The smallest absolute Gasteiger partial charge is 0.0167 e. The molecule has 1 aliphatic heterocycles. The van der Waals surface area contributed by atoms with Crippen molar-refractivity contribution in [1.29, 1.82) is 0 Å². The first-order valence-electron chi connectivity index (χ1n) is 5.21. The maximum atomic E-state index is 3.48. The van der Waals surface area contributed by atoms with Crippen molar-refractivity contribution in [3.8, 4) is 0 Å². The molecule has 0 spiro atoms. The second kappa shape index (κ2) is 3.35. The average Bonchev–Trinajstić information content (AvgIpc) is 2.66. The Labute approximate surface area is 75.3 Å². The summed E-state index contributed by atoms with van der Waals surface area (Å²) in [7, 11) is 0. The molecule has 1 aliphatic carbocycles. The van der Waals surface area contributed by atoms with E-state index in [1.54, 1.807) is 0 Å². The van der Waals surface area contributed by atoms with Crippen LogP contribution in [0.2, 0.25) is 0 Å². The zero-order valence-corrected chi connectivity index (χ0v) is 8.21. The Kier molecular flexibility index (Phi) is 2.37. The van der Waals surface area contributed by atoms with Gasteiger partial charge in [0.05, 0.1) is 0 Å². The summed E-state index contributed by atoms with van der Waals surface area (Å²) in [6.07, 6.45) is 1.47. The van der Waals surface area contributed by atoms with Crippen molar-refractivity contribution >= 4 is 0 Å². The summed E-state index contributed by atoms with van der Waals surface area (Å²) < 4.78 is 0. The van der Waals surface area contributed by atoms with E-state index >= 15 is 0 Å². The maximum absolute atomic E-state index is 3.48. The summed E-state index contributed by atoms with van der Waals surface area (Å²) in [5, 5.41) is 3.48. The molecule has 0 amide bonds. The summed E-state index contributed by atoms with van der Waals surface area (Å²) in [5.41, 5.74) is 0. The van der Waals surface area contributed by atoms with Crippen LogP contribution in [0.15, 0.2) is 0 Å². The van der Waals surface area contributed by atoms with Gasteiger partial charge in [0.1, 0.15) is 0 Å². The van der Waals surface area contributed by atoms with E-state index in [9.17, 15) is 0 Å². The highest BCUT2D eigenvalue weighted by atomic mass is 15.2. The molecule has 1 N–H and O–H groups in total. The summed E-state index contributed by atoms with van der Waals surface area (Å²) in [5.74, 6) is 2.03. The van der Waals surface area contributed by atoms with Gasteiger partial charge in [0, 0.05) is 32.2 Å². The molecule has 2 heteroatoms. The van der Waals surface area contributed by atoms with Gasteiger partial charge in [-0.2, -0.15) is 0 Å². The fraction of sp³-hybridized carbons (Fsp3) is 1.00. The second-order valence-corrected chi connectivity index (χ2v) is 4.59. The standard InChI is InChI=1S/C10H20N2/c1-8-5-10(8)7-12-4-3-11-9(2)6-12/h8-11H,3-7H2,1-2H3. The minimum absolute atomic E-state index is 0.702. The SMILES string of the molecule is CC1CN(CC2CC2C)CCN1. The van der Waals surface area contributed by atoms with Crippen LogP contribution in [-0.4, -0.2) is 37.1 Å². The predicted molar refractivity (Wildman–Crippen MR) is 51.2 cm³/mol. The lowest BCUT2D eigenvalue weighted by molar-refractivity contribution is 0.197. The van der Waals surface area contributed by atoms with Gasteiger partial charge in [-0.3, -0.25) is 0 Å². The molecule has 0 aromatic heterocycles. The Bertz CT molecular complexity index is 158. The number of hydrogen-bond acceptors (Lipinski definition) is 2. The van der Waals surface area contributed by atoms with Gasteiger partial charge >= 0.3 is 0 Å². The fourth-order valence-electron chi connectivity index (χ4n) is 2.16. The summed E-state index contributed by atoms with van der Waals surface area (Å²) in [6, 6.07) is 0.702. The van der Waals surface area contributed by atoms with Crippen LogP contribution in [-0.2, 0) is 0 Å². The van der Waals surface area contributed by atoms with Crippen LogP contribution in [0.1, 0.15) is 20.3 Å². The summed E-state index contributed by atoms with van der Waals surface area (Å²) >= 11 is 0. The van der Waals surface area contributed by atoms with Crippen LogP contribution in [0.4, 0.5) is 0 Å². The molecule has 2 aliphatic rings. The van der Waals surface area contributed by atoms with Crippen molar-refractivity contribution in [2.45, 2.75) is 26.3 Å². The number of nitrogens with one attached hydrogen (secondary N) is 1. The third kappa shape index (κ3) is 1.99. The van der Waals surface area contributed by atoms with Crippen molar-refractivity contribution in [3.63, 3.8) is 0 Å². The first-order valence-corrected chi connectivity index (χ1v) is 5.21. The average molecular weight is 168 g/mol. The van der Waals surface area contributed by atoms with Crippen LogP contribution >= 0.6 is 0 Å². The molecule has 3 atom stereocenters. The normalized spacial score (nSPS) is 43.0. The number of rotatable bonds is 2. The molecule has 0 aromatic carbocycles. The van der Waals surface area contributed by atoms with Gasteiger partial charge < -0.3 is 10.2 Å². The number of piperazine rings is 1. The van der Waals surface area contributed by atoms with Crippen LogP contribution in [0.25, 0.3) is 0 Å². The molecule has 1 heterocycles. The molecule has 12 heavy (non-hydrogen) atoms. The van der Waals surface area contributed by atoms with E-state index in [2.05, 4.69) is 24.1 Å². The fourth-order valence-corrected chi connectivity index (χ4v) is 2.16. The number of nitrogens with zero attached hydrogens (tertiary/aromatic N) is 1. The van der Waals surface area contributed by atoms with Crippen molar-refractivity contribution in [2.75, 3.05) is 26.2 Å². The molecule has 70 valence electrons. The van der Waals surface area contributed by atoms with Crippen molar-refractivity contribution in [3.05, 3.63) is 0 Å². The van der Waals surface area contributed by atoms with Crippen LogP contribution in [0.3, 0.4) is 0 Å². The Hall–Kier alpha value is -0.0800. The molecule has 2 rings (SSSR count). The van der Waals surface area contributed by atoms with Gasteiger partial charge in [0.15, 0.2) is 0 Å². The molecule has 0 radical (unpaired) electrons. The van der Waals surface area contributed by atoms with E-state index in [0.717, 1.165) is 11.8 Å². The van der Waals surface area contributed by atoms with Crippen molar-refractivity contribution < 1.29 is 0 Å². The zero-order valence-electron chi connectivity index (χ0n) is 8.21. The highest BCUT2D eigenvalue weighted by molar-refractivity contribution is 4.87. The highest BCUT2D eigenvalue weighted by Crippen LogP contribution is 2.38. The van der Waals surface area contributed by atoms with Crippen molar-refractivity contribution in [2.24, 2.45) is 11.8 Å². The topological polar surface area (TPSA) is 15.3 Å². The molecular weight excluding hydrogens is 148 g/mol. The molecular formula is C10H20N2. The molecule has 1 saturated heterocycles. The van der Waals surface area contributed by atoms with E-state index in [-0.39, 0.29) is 0 Å². The summed E-state index contributed by atoms with van der Waals surface area (Å²) in [6.45, 7) is 9.70. The Morgan fingerprint density at radius 3 is 2.75 bits per heavy atom. The highest BCUT2D eigenvalue weighted by Gasteiger charge is 2.34. The Morgan fingerprint density at radius 2 is 2.17 bits per heavy atom. The quantitative estimate of drug-likeness (QED) is 0.660. The second-order valence-electron chi connectivity index (χ2n) is 4.59. The molecule has 0 aromatic rings. The monoisotopic (exact) mass is 168 g/mol. The molecule has 0 bridgehead atoms. The van der Waals surface area contributed by atoms with E-state index in [0.29, 0.717) is 6.04 Å². The minimum atomic E-state index is 0.702. The van der Waals surface area contributed by atoms with Crippen LogP contribution in [0.5, 0.6) is 0 Å². The molecule has 2 fully saturated rings. The van der Waals surface area contributed by atoms with Crippen molar-refractivity contribution in [1.82, 2.24) is 10.2 Å². The van der Waals surface area contributed by atoms with Gasteiger partial charge in [-0.25, -0.2) is 0 Å². The predicted octanol–water partition coefficient (Wildman–Crippen LogP) is 0.936. The lowest BCUT2D eigenvalue weighted by Crippen LogP contribution is -2.49. The molecule has 2 nitrogen and oxygen atoms in total. The largest absolute Gasteiger partial charge is 0.312 e. The Balaban J connectivity index is 1.72. The Morgan fingerprint density at radius 1 is 1.42 bits per heavy atom. The van der Waals surface area contributed by atoms with Gasteiger partial charge in [-0.05, 0) is 25.2 Å². The summed E-state index contributed by atoms with van der Waals surface area (Å²) in [4.78, 5) is 2.62. The van der Waals surface area contributed by atoms with E-state index < -0.39 is 0 Å². The molecule has 1 saturated carbocycles. The minimum Gasteiger partial charge on any atom is -0.312 e. The molecule has 3 unspecified atom stereocenters. The third-order valence-electron chi connectivity index (χ3n) is 3.22. The van der Waals surface area contributed by atoms with Crippen LogP contribution in [0, 0.1) is 11.8 Å². The van der Waals surface area contributed by atoms with Gasteiger partial charge in [0.25, 0.3) is 0 Å². The number of hydrogen-bond donors (Lipinski definition) is 1. The first-order chi connectivity index (χ1) is 5.75. The van der Waals surface area contributed by atoms with Gasteiger partial charge in [-0.15, -0.1) is 0 Å². The van der Waals surface area contributed by atoms with Crippen LogP contribution < -0.4 is 5.32 Å². The lowest BCUT2D eigenvalue weighted by Gasteiger charge is -2.31. The van der Waals surface area contributed by atoms with E-state index in [1.807, 2.05) is 0 Å². The lowest BCUT2D eigenvalue weighted by atomic mass is 10.2. The third-order valence-corrected chi connectivity index (χ3v) is 3.22. The maximum Gasteiger partial charge on any atom is 0.0167 e. The first kappa shape index (κ1) is 8.52.